The molecule has 0 saturated carbocycles. The smallest absolute Gasteiger partial charge is 0.295 e. The summed E-state index contributed by atoms with van der Waals surface area (Å²) in [6.45, 7) is 2.70. The van der Waals surface area contributed by atoms with Crippen LogP contribution in [0.3, 0.4) is 0 Å². The van der Waals surface area contributed by atoms with Crippen molar-refractivity contribution < 1.29 is 24.2 Å². The first-order chi connectivity index (χ1) is 18.0. The number of ether oxygens (including phenoxy) is 2. The molecule has 1 aliphatic rings. The van der Waals surface area contributed by atoms with E-state index >= 15 is 0 Å². The average molecular weight is 508 g/mol. The Morgan fingerprint density at radius 2 is 1.24 bits per heavy atom. The summed E-state index contributed by atoms with van der Waals surface area (Å²) in [4.78, 5) is 27.9. The van der Waals surface area contributed by atoms with Crippen molar-refractivity contribution >= 4 is 17.4 Å². The molecule has 0 spiro atoms. The topological polar surface area (TPSA) is 76.1 Å². The maximum atomic E-state index is 13.2. The van der Waals surface area contributed by atoms with E-state index in [4.69, 9.17) is 9.47 Å². The number of ketones is 1. The van der Waals surface area contributed by atoms with Crippen molar-refractivity contribution in [2.45, 2.75) is 77.2 Å². The van der Waals surface area contributed by atoms with Crippen molar-refractivity contribution in [2.24, 2.45) is 0 Å². The number of Topliss-reactive ketones (excluding diaryl/α,β-unsaturated/α-hetero) is 1. The van der Waals surface area contributed by atoms with E-state index in [1.807, 2.05) is 24.3 Å². The molecule has 0 bridgehead atoms. The molecule has 6 nitrogen and oxygen atoms in total. The van der Waals surface area contributed by atoms with Crippen LogP contribution in [0, 0.1) is 0 Å². The van der Waals surface area contributed by atoms with E-state index in [-0.39, 0.29) is 11.3 Å². The van der Waals surface area contributed by atoms with Gasteiger partial charge < -0.3 is 19.5 Å². The molecule has 1 fully saturated rings. The van der Waals surface area contributed by atoms with Gasteiger partial charge in [0.2, 0.25) is 0 Å². The molecule has 1 aliphatic heterocycles. The zero-order valence-corrected chi connectivity index (χ0v) is 22.5. The Hall–Kier alpha value is -3.28. The average Bonchev–Trinajstić information content (AvgIpc) is 3.18. The van der Waals surface area contributed by atoms with Crippen LogP contribution in [0.15, 0.2) is 54.1 Å². The van der Waals surface area contributed by atoms with Crippen molar-refractivity contribution in [1.29, 1.82) is 0 Å². The number of rotatable bonds is 15. The maximum Gasteiger partial charge on any atom is 0.295 e. The van der Waals surface area contributed by atoms with E-state index in [2.05, 4.69) is 6.92 Å². The van der Waals surface area contributed by atoms with E-state index in [1.165, 1.54) is 44.9 Å². The molecule has 2 aromatic carbocycles. The summed E-state index contributed by atoms with van der Waals surface area (Å²) in [6, 6.07) is 13.5. The van der Waals surface area contributed by atoms with Crippen molar-refractivity contribution in [3.8, 4) is 11.5 Å². The van der Waals surface area contributed by atoms with Crippen LogP contribution in [0.1, 0.15) is 88.3 Å². The van der Waals surface area contributed by atoms with Gasteiger partial charge in [-0.15, -0.1) is 0 Å². The van der Waals surface area contributed by atoms with Crippen LogP contribution in [-0.4, -0.2) is 42.5 Å². The summed E-state index contributed by atoms with van der Waals surface area (Å²) in [5.74, 6) is -0.0596. The zero-order valence-electron chi connectivity index (χ0n) is 22.5. The molecular weight excluding hydrogens is 466 g/mol. The number of methoxy groups -OCH3 is 2. The molecule has 1 atom stereocenters. The van der Waals surface area contributed by atoms with Gasteiger partial charge in [-0.3, -0.25) is 9.59 Å². The third kappa shape index (κ3) is 7.37. The Morgan fingerprint density at radius 3 is 1.76 bits per heavy atom. The van der Waals surface area contributed by atoms with Gasteiger partial charge >= 0.3 is 0 Å². The first kappa shape index (κ1) is 28.3. The molecule has 1 saturated heterocycles. The van der Waals surface area contributed by atoms with Crippen molar-refractivity contribution in [3.63, 3.8) is 0 Å². The standard InChI is InChI=1S/C31H41NO5/c1-4-5-6-7-8-9-10-11-12-13-22-32-28(23-14-18-25(36-2)19-15-23)27(30(34)31(32)35)29(33)24-16-20-26(37-3)21-17-24/h14-21,28,33H,4-13,22H2,1-3H3/t28-/m1/s1. The van der Waals surface area contributed by atoms with E-state index in [9.17, 15) is 14.7 Å². The molecule has 2 aromatic rings. The minimum atomic E-state index is -0.652. The minimum absolute atomic E-state index is 0.118. The van der Waals surface area contributed by atoms with E-state index in [0.29, 0.717) is 23.6 Å². The number of aliphatic hydroxyl groups excluding tert-OH is 1. The Morgan fingerprint density at radius 1 is 0.757 bits per heavy atom. The zero-order chi connectivity index (χ0) is 26.6. The van der Waals surface area contributed by atoms with Crippen LogP contribution in [0.25, 0.3) is 5.76 Å². The van der Waals surface area contributed by atoms with Crippen molar-refractivity contribution in [2.75, 3.05) is 20.8 Å². The van der Waals surface area contributed by atoms with Crippen LogP contribution in [0.5, 0.6) is 11.5 Å². The molecule has 37 heavy (non-hydrogen) atoms. The first-order valence-electron chi connectivity index (χ1n) is 13.6. The fourth-order valence-electron chi connectivity index (χ4n) is 4.92. The summed E-state index contributed by atoms with van der Waals surface area (Å²) in [5.41, 5.74) is 1.35. The molecule has 0 unspecified atom stereocenters. The van der Waals surface area contributed by atoms with Crippen molar-refractivity contribution in [1.82, 2.24) is 4.90 Å². The highest BCUT2D eigenvalue weighted by molar-refractivity contribution is 6.46. The van der Waals surface area contributed by atoms with Crippen LogP contribution < -0.4 is 9.47 Å². The summed E-state index contributed by atoms with van der Waals surface area (Å²) in [5, 5.41) is 11.2. The lowest BCUT2D eigenvalue weighted by atomic mass is 9.95. The Balaban J connectivity index is 1.74. The second-order valence-corrected chi connectivity index (χ2v) is 9.68. The van der Waals surface area contributed by atoms with Crippen molar-refractivity contribution in [3.05, 3.63) is 65.2 Å². The molecular formula is C31H41NO5. The number of aliphatic hydroxyl groups is 1. The molecule has 3 rings (SSSR count). The fraction of sp³-hybridized carbons (Fsp3) is 0.484. The Kier molecular flexibility index (Phi) is 11.1. The molecule has 1 heterocycles. The molecule has 1 amide bonds. The van der Waals surface area contributed by atoms with Crippen LogP contribution >= 0.6 is 0 Å². The van der Waals surface area contributed by atoms with Gasteiger partial charge in [-0.1, -0.05) is 76.8 Å². The van der Waals surface area contributed by atoms with E-state index in [1.54, 1.807) is 43.4 Å². The lowest BCUT2D eigenvalue weighted by Gasteiger charge is -2.25. The molecule has 200 valence electrons. The van der Waals surface area contributed by atoms with Crippen LogP contribution in [0.2, 0.25) is 0 Å². The van der Waals surface area contributed by atoms with Gasteiger partial charge in [-0.25, -0.2) is 0 Å². The third-order valence-corrected chi connectivity index (χ3v) is 7.09. The molecule has 1 N–H and O–H groups in total. The third-order valence-electron chi connectivity index (χ3n) is 7.09. The highest BCUT2D eigenvalue weighted by Crippen LogP contribution is 2.40. The first-order valence-corrected chi connectivity index (χ1v) is 13.6. The highest BCUT2D eigenvalue weighted by Gasteiger charge is 2.45. The summed E-state index contributed by atoms with van der Waals surface area (Å²) in [6.07, 6.45) is 11.9. The van der Waals surface area contributed by atoms with Gasteiger partial charge in [0.15, 0.2) is 0 Å². The predicted molar refractivity (Wildman–Crippen MR) is 147 cm³/mol. The predicted octanol–water partition coefficient (Wildman–Crippen LogP) is 7.05. The fourth-order valence-corrected chi connectivity index (χ4v) is 4.92. The number of benzene rings is 2. The van der Waals surface area contributed by atoms with Gasteiger partial charge in [-0.05, 0) is 48.4 Å². The normalized spacial score (nSPS) is 16.8. The number of unbranched alkanes of at least 4 members (excludes halogenated alkanes) is 9. The lowest BCUT2D eigenvalue weighted by Crippen LogP contribution is -2.30. The molecule has 0 aliphatic carbocycles. The lowest BCUT2D eigenvalue weighted by molar-refractivity contribution is -0.139. The SMILES string of the molecule is CCCCCCCCCCCCN1C(=O)C(=O)C(=C(O)c2ccc(OC)cc2)[C@H]1c1ccc(OC)cc1. The maximum absolute atomic E-state index is 13.2. The Labute approximate surface area is 221 Å². The number of amides is 1. The number of nitrogens with zero attached hydrogens (tertiary/aromatic N) is 1. The largest absolute Gasteiger partial charge is 0.507 e. The van der Waals surface area contributed by atoms with E-state index < -0.39 is 17.7 Å². The van der Waals surface area contributed by atoms with Gasteiger partial charge in [0.25, 0.3) is 11.7 Å². The van der Waals surface area contributed by atoms with Gasteiger partial charge in [0, 0.05) is 12.1 Å². The molecule has 0 aromatic heterocycles. The monoisotopic (exact) mass is 507 g/mol. The summed E-state index contributed by atoms with van der Waals surface area (Å²) >= 11 is 0. The quantitative estimate of drug-likeness (QED) is 0.121. The number of carbonyl (C=O) groups excluding carboxylic acids is 2. The van der Waals surface area contributed by atoms with Gasteiger partial charge in [-0.2, -0.15) is 0 Å². The van der Waals surface area contributed by atoms with Gasteiger partial charge in [0.05, 0.1) is 25.8 Å². The van der Waals surface area contributed by atoms with Crippen LogP contribution in [-0.2, 0) is 9.59 Å². The molecule has 6 heteroatoms. The number of carbonyl (C=O) groups is 2. The Bertz CT molecular complexity index is 1040. The second-order valence-electron chi connectivity index (χ2n) is 9.68. The summed E-state index contributed by atoms with van der Waals surface area (Å²) in [7, 11) is 3.16. The van der Waals surface area contributed by atoms with Crippen LogP contribution in [0.4, 0.5) is 0 Å². The molecule has 0 radical (unpaired) electrons. The van der Waals surface area contributed by atoms with Gasteiger partial charge in [0.1, 0.15) is 17.3 Å². The second kappa shape index (κ2) is 14.5. The highest BCUT2D eigenvalue weighted by atomic mass is 16.5. The van der Waals surface area contributed by atoms with E-state index in [0.717, 1.165) is 24.8 Å². The number of likely N-dealkylation sites (tertiary alicyclic amines) is 1. The minimum Gasteiger partial charge on any atom is -0.507 e. The number of hydrogen-bond donors (Lipinski definition) is 1. The summed E-state index contributed by atoms with van der Waals surface area (Å²) < 4.78 is 10.5. The number of hydrogen-bond acceptors (Lipinski definition) is 5.